The van der Waals surface area contributed by atoms with Crippen LogP contribution in [0.4, 0.5) is 0 Å². The topological polar surface area (TPSA) is 69.9 Å². The molecule has 0 radical (unpaired) electrons. The molecule has 0 aromatic carbocycles. The zero-order valence-corrected chi connectivity index (χ0v) is 12.0. The van der Waals surface area contributed by atoms with Crippen molar-refractivity contribution in [1.29, 1.82) is 0 Å². The Labute approximate surface area is 124 Å². The first-order chi connectivity index (χ1) is 9.54. The van der Waals surface area contributed by atoms with Crippen LogP contribution in [0, 0.1) is 0 Å². The first kappa shape index (κ1) is 13.3. The highest BCUT2D eigenvalue weighted by atomic mass is 35.5. The van der Waals surface area contributed by atoms with E-state index in [0.717, 1.165) is 0 Å². The van der Waals surface area contributed by atoms with Gasteiger partial charge < -0.3 is 9.30 Å². The molecule has 3 rings (SSSR count). The number of hydrogen-bond acceptors (Lipinski definition) is 5. The Morgan fingerprint density at radius 3 is 2.95 bits per heavy atom. The van der Waals surface area contributed by atoms with Crippen molar-refractivity contribution in [3.63, 3.8) is 0 Å². The molecule has 6 nitrogen and oxygen atoms in total. The minimum atomic E-state index is -0.302. The lowest BCUT2D eigenvalue weighted by molar-refractivity contribution is -0.144. The van der Waals surface area contributed by atoms with Gasteiger partial charge in [0.25, 0.3) is 0 Å². The minimum absolute atomic E-state index is 0.00798. The summed E-state index contributed by atoms with van der Waals surface area (Å²) in [5.41, 5.74) is 1.06. The Bertz CT molecular complexity index is 713. The molecular formula is C12H10Cl2N4O2. The highest BCUT2D eigenvalue weighted by molar-refractivity contribution is 6.35. The standard InChI is InChI=1S/C12H10Cl2N4O2/c1-6(19)20-8-3-2-7(4-8)18-5-15-9-10(13)16-12(14)17-11(9)18/h2-3,5,7-8H,4H2,1H3/t7-,8-/m1/s1. The van der Waals surface area contributed by atoms with Crippen LogP contribution < -0.4 is 0 Å². The Kier molecular flexibility index (Phi) is 3.35. The van der Waals surface area contributed by atoms with Crippen LogP contribution in [0.1, 0.15) is 19.4 Å². The second-order valence-electron chi connectivity index (χ2n) is 4.44. The molecule has 0 fully saturated rings. The maximum atomic E-state index is 11.0. The smallest absolute Gasteiger partial charge is 0.303 e. The molecule has 2 aromatic heterocycles. The van der Waals surface area contributed by atoms with Crippen LogP contribution in [0.3, 0.4) is 0 Å². The number of halogens is 2. The van der Waals surface area contributed by atoms with Crippen molar-refractivity contribution < 1.29 is 9.53 Å². The second kappa shape index (κ2) is 5.03. The summed E-state index contributed by atoms with van der Waals surface area (Å²) in [7, 11) is 0. The summed E-state index contributed by atoms with van der Waals surface area (Å²) >= 11 is 11.8. The van der Waals surface area contributed by atoms with Crippen molar-refractivity contribution in [2.24, 2.45) is 0 Å². The van der Waals surface area contributed by atoms with E-state index in [1.54, 1.807) is 6.33 Å². The van der Waals surface area contributed by atoms with Crippen molar-refractivity contribution in [3.8, 4) is 0 Å². The molecule has 0 saturated heterocycles. The molecule has 0 unspecified atom stereocenters. The molecule has 2 atom stereocenters. The van der Waals surface area contributed by atoms with E-state index in [-0.39, 0.29) is 28.6 Å². The molecule has 0 spiro atoms. The van der Waals surface area contributed by atoms with Crippen molar-refractivity contribution in [2.45, 2.75) is 25.5 Å². The Hall–Kier alpha value is -1.66. The van der Waals surface area contributed by atoms with E-state index in [4.69, 9.17) is 27.9 Å². The van der Waals surface area contributed by atoms with Gasteiger partial charge in [0.1, 0.15) is 11.6 Å². The van der Waals surface area contributed by atoms with E-state index in [9.17, 15) is 4.79 Å². The minimum Gasteiger partial charge on any atom is -0.458 e. The van der Waals surface area contributed by atoms with Gasteiger partial charge in [0.05, 0.1) is 12.4 Å². The third kappa shape index (κ3) is 2.36. The lowest BCUT2D eigenvalue weighted by Gasteiger charge is -2.13. The number of imidazole rings is 1. The third-order valence-corrected chi connectivity index (χ3v) is 3.48. The van der Waals surface area contributed by atoms with Crippen molar-refractivity contribution in [3.05, 3.63) is 28.9 Å². The molecule has 0 aliphatic heterocycles. The predicted octanol–water partition coefficient (Wildman–Crippen LogP) is 2.57. The van der Waals surface area contributed by atoms with Gasteiger partial charge in [-0.15, -0.1) is 0 Å². The lowest BCUT2D eigenvalue weighted by atomic mass is 10.2. The average Bonchev–Trinajstić information content (AvgIpc) is 2.94. The number of rotatable bonds is 2. The predicted molar refractivity (Wildman–Crippen MR) is 73.7 cm³/mol. The first-order valence-corrected chi connectivity index (χ1v) is 6.71. The summed E-state index contributed by atoms with van der Waals surface area (Å²) in [6, 6.07) is -0.00798. The number of ether oxygens (including phenoxy) is 1. The van der Waals surface area contributed by atoms with Crippen molar-refractivity contribution in [1.82, 2.24) is 19.5 Å². The van der Waals surface area contributed by atoms with Crippen LogP contribution in [-0.4, -0.2) is 31.6 Å². The number of fused-ring (bicyclic) bond motifs is 1. The summed E-state index contributed by atoms with van der Waals surface area (Å²) in [5, 5.41) is 0.292. The molecule has 2 aromatic rings. The maximum absolute atomic E-state index is 11.0. The van der Waals surface area contributed by atoms with Gasteiger partial charge in [0.15, 0.2) is 10.8 Å². The average molecular weight is 313 g/mol. The largest absolute Gasteiger partial charge is 0.458 e. The molecule has 0 saturated carbocycles. The molecule has 0 bridgehead atoms. The summed E-state index contributed by atoms with van der Waals surface area (Å²) in [6.07, 6.45) is 5.82. The Morgan fingerprint density at radius 1 is 1.40 bits per heavy atom. The van der Waals surface area contributed by atoms with Crippen LogP contribution in [0.5, 0.6) is 0 Å². The van der Waals surface area contributed by atoms with Crippen LogP contribution in [0.15, 0.2) is 18.5 Å². The van der Waals surface area contributed by atoms with Gasteiger partial charge in [-0.05, 0) is 17.7 Å². The summed E-state index contributed by atoms with van der Waals surface area (Å²) < 4.78 is 7.00. The van der Waals surface area contributed by atoms with Gasteiger partial charge >= 0.3 is 5.97 Å². The van der Waals surface area contributed by atoms with Gasteiger partial charge in [-0.1, -0.05) is 17.7 Å². The number of hydrogen-bond donors (Lipinski definition) is 0. The zero-order chi connectivity index (χ0) is 14.3. The van der Waals surface area contributed by atoms with Crippen molar-refractivity contribution >= 4 is 40.3 Å². The third-order valence-electron chi connectivity index (χ3n) is 3.05. The fourth-order valence-electron chi connectivity index (χ4n) is 2.25. The molecule has 2 heterocycles. The van der Waals surface area contributed by atoms with Gasteiger partial charge in [0, 0.05) is 13.3 Å². The Balaban J connectivity index is 1.93. The van der Waals surface area contributed by atoms with E-state index in [1.165, 1.54) is 6.92 Å². The first-order valence-electron chi connectivity index (χ1n) is 5.95. The van der Waals surface area contributed by atoms with E-state index in [0.29, 0.717) is 17.6 Å². The number of nitrogens with zero attached hydrogens (tertiary/aromatic N) is 4. The second-order valence-corrected chi connectivity index (χ2v) is 5.14. The maximum Gasteiger partial charge on any atom is 0.303 e. The van der Waals surface area contributed by atoms with Crippen molar-refractivity contribution in [2.75, 3.05) is 0 Å². The summed E-state index contributed by atoms with van der Waals surface area (Å²) in [6.45, 7) is 1.39. The number of allylic oxidation sites excluding steroid dienone is 1. The Morgan fingerprint density at radius 2 is 2.20 bits per heavy atom. The van der Waals surface area contributed by atoms with Crippen LogP contribution in [0.2, 0.25) is 10.4 Å². The quantitative estimate of drug-likeness (QED) is 0.369. The molecule has 8 heteroatoms. The zero-order valence-electron chi connectivity index (χ0n) is 10.5. The SMILES string of the molecule is CC(=O)O[C@@H]1C=C[C@@H](n2cnc3c(Cl)nc(Cl)nc32)C1. The summed E-state index contributed by atoms with van der Waals surface area (Å²) in [5.74, 6) is -0.302. The van der Waals surface area contributed by atoms with Crippen LogP contribution >= 0.6 is 23.2 Å². The number of carbonyl (C=O) groups is 1. The molecule has 1 aliphatic rings. The van der Waals surface area contributed by atoms with Gasteiger partial charge in [-0.25, -0.2) is 9.97 Å². The number of esters is 1. The lowest BCUT2D eigenvalue weighted by Crippen LogP contribution is -2.14. The van der Waals surface area contributed by atoms with Gasteiger partial charge in [-0.3, -0.25) is 4.79 Å². The van der Waals surface area contributed by atoms with E-state index < -0.39 is 0 Å². The normalized spacial score (nSPS) is 21.6. The number of carbonyl (C=O) groups excluding carboxylic acids is 1. The van der Waals surface area contributed by atoms with E-state index in [1.807, 2.05) is 16.7 Å². The van der Waals surface area contributed by atoms with E-state index in [2.05, 4.69) is 15.0 Å². The molecule has 1 aliphatic carbocycles. The molecule has 20 heavy (non-hydrogen) atoms. The van der Waals surface area contributed by atoms with E-state index >= 15 is 0 Å². The van der Waals surface area contributed by atoms with Crippen LogP contribution in [0.25, 0.3) is 11.2 Å². The monoisotopic (exact) mass is 312 g/mol. The molecular weight excluding hydrogens is 303 g/mol. The summed E-state index contributed by atoms with van der Waals surface area (Å²) in [4.78, 5) is 23.2. The molecule has 0 amide bonds. The van der Waals surface area contributed by atoms with Gasteiger partial charge in [0.2, 0.25) is 5.28 Å². The molecule has 104 valence electrons. The number of aromatic nitrogens is 4. The highest BCUT2D eigenvalue weighted by Gasteiger charge is 2.24. The molecule has 0 N–H and O–H groups in total. The highest BCUT2D eigenvalue weighted by Crippen LogP contribution is 2.29. The fraction of sp³-hybridized carbons (Fsp3) is 0.333. The van der Waals surface area contributed by atoms with Gasteiger partial charge in [-0.2, -0.15) is 4.98 Å². The van der Waals surface area contributed by atoms with Crippen LogP contribution in [-0.2, 0) is 9.53 Å². The fourth-order valence-corrected chi connectivity index (χ4v) is 2.68.